The molecule has 0 radical (unpaired) electrons. The molecule has 0 aliphatic carbocycles. The molecular formula is C32H28N4O2. The normalized spacial score (nSPS) is 18.3. The first-order chi connectivity index (χ1) is 18.6. The van der Waals surface area contributed by atoms with Crippen LogP contribution in [-0.4, -0.2) is 37.1 Å². The molecule has 0 bridgehead atoms. The van der Waals surface area contributed by atoms with Gasteiger partial charge in [0.1, 0.15) is 22.9 Å². The van der Waals surface area contributed by atoms with Crippen molar-refractivity contribution in [2.45, 2.75) is 25.3 Å². The predicted molar refractivity (Wildman–Crippen MR) is 149 cm³/mol. The van der Waals surface area contributed by atoms with Crippen LogP contribution in [-0.2, 0) is 5.54 Å². The number of hydrogen-bond acceptors (Lipinski definition) is 5. The number of carbonyl (C=O) groups is 1. The third-order valence-corrected chi connectivity index (χ3v) is 8.56. The fraction of sp³-hybridized carbons (Fsp3) is 0.250. The van der Waals surface area contributed by atoms with Crippen LogP contribution < -0.4 is 19.4 Å². The molecule has 6 heteroatoms. The van der Waals surface area contributed by atoms with Gasteiger partial charge in [-0.05, 0) is 50.1 Å². The van der Waals surface area contributed by atoms with Crippen LogP contribution in [0, 0.1) is 6.92 Å². The summed E-state index contributed by atoms with van der Waals surface area (Å²) in [5, 5.41) is 0. The van der Waals surface area contributed by atoms with Crippen LogP contribution >= 0.6 is 0 Å². The minimum Gasteiger partial charge on any atom is -0.456 e. The molecule has 6 nitrogen and oxygen atoms in total. The van der Waals surface area contributed by atoms with Crippen molar-refractivity contribution >= 4 is 23.1 Å². The number of carbonyl (C=O) groups excluding carboxylic acids is 1. The van der Waals surface area contributed by atoms with Crippen LogP contribution in [0.5, 0.6) is 11.5 Å². The molecule has 5 heterocycles. The molecule has 1 amide bonds. The van der Waals surface area contributed by atoms with Crippen molar-refractivity contribution in [1.29, 1.82) is 0 Å². The molecule has 0 atom stereocenters. The number of fused-ring (bicyclic) bond motifs is 6. The minimum absolute atomic E-state index is 0.0452. The van der Waals surface area contributed by atoms with Crippen LogP contribution in [0.15, 0.2) is 78.9 Å². The second kappa shape index (κ2) is 7.84. The first-order valence-electron chi connectivity index (χ1n) is 13.5. The van der Waals surface area contributed by atoms with E-state index in [-0.39, 0.29) is 5.91 Å². The molecule has 2 fully saturated rings. The maximum absolute atomic E-state index is 14.3. The Morgan fingerprint density at radius 2 is 1.37 bits per heavy atom. The minimum atomic E-state index is -0.891. The molecule has 4 aliphatic heterocycles. The summed E-state index contributed by atoms with van der Waals surface area (Å²) in [5.74, 6) is 2.19. The number of amides is 1. The van der Waals surface area contributed by atoms with E-state index in [0.717, 1.165) is 71.4 Å². The van der Waals surface area contributed by atoms with Gasteiger partial charge in [-0.2, -0.15) is 0 Å². The Bertz CT molecular complexity index is 1560. The Labute approximate surface area is 222 Å². The highest BCUT2D eigenvalue weighted by Crippen LogP contribution is 2.59. The summed E-state index contributed by atoms with van der Waals surface area (Å²) in [6, 6.07) is 26.9. The molecule has 8 rings (SSSR count). The zero-order valence-electron chi connectivity index (χ0n) is 21.4. The van der Waals surface area contributed by atoms with Crippen LogP contribution in [0.1, 0.15) is 45.6 Å². The number of pyridine rings is 1. The van der Waals surface area contributed by atoms with E-state index in [1.54, 1.807) is 0 Å². The zero-order valence-corrected chi connectivity index (χ0v) is 21.4. The number of anilines is 3. The number of aryl methyl sites for hydroxylation is 1. The summed E-state index contributed by atoms with van der Waals surface area (Å²) < 4.78 is 6.73. The third-order valence-electron chi connectivity index (χ3n) is 8.56. The topological polar surface area (TPSA) is 48.9 Å². The Morgan fingerprint density at radius 1 is 0.737 bits per heavy atom. The summed E-state index contributed by atoms with van der Waals surface area (Å²) in [6.45, 7) is 6.19. The van der Waals surface area contributed by atoms with Crippen molar-refractivity contribution in [3.63, 3.8) is 0 Å². The molecule has 1 spiro atoms. The Balaban J connectivity index is 1.44. The highest BCUT2D eigenvalue weighted by atomic mass is 16.5. The van der Waals surface area contributed by atoms with E-state index in [1.165, 1.54) is 12.8 Å². The van der Waals surface area contributed by atoms with E-state index in [0.29, 0.717) is 11.4 Å². The molecule has 2 saturated heterocycles. The van der Waals surface area contributed by atoms with E-state index in [1.807, 2.05) is 48.2 Å². The second-order valence-corrected chi connectivity index (χ2v) is 10.7. The third kappa shape index (κ3) is 2.83. The number of ether oxygens (including phenoxy) is 1. The van der Waals surface area contributed by atoms with E-state index >= 15 is 0 Å². The largest absolute Gasteiger partial charge is 0.456 e. The SMILES string of the molecule is Cc1cccc(N2C(=O)c3ccccc3C23c2ccc(N4CCC4)cc2Oc2cc(N4CCC4)ccc23)n1. The maximum atomic E-state index is 14.3. The van der Waals surface area contributed by atoms with Gasteiger partial charge in [0.25, 0.3) is 5.91 Å². The van der Waals surface area contributed by atoms with E-state index in [9.17, 15) is 4.79 Å². The average molecular weight is 501 g/mol. The molecule has 4 aromatic rings. The lowest BCUT2D eigenvalue weighted by atomic mass is 9.74. The molecule has 0 N–H and O–H groups in total. The number of benzene rings is 3. The van der Waals surface area contributed by atoms with Gasteiger partial charge in [0, 0.05) is 77.6 Å². The van der Waals surface area contributed by atoms with Crippen LogP contribution in [0.3, 0.4) is 0 Å². The standard InChI is InChI=1S/C32H28N4O2/c1-21-7-4-10-30(33-21)36-31(37)24-8-2-3-9-25(24)32(36)26-13-11-22(34-15-5-16-34)19-28(26)38-29-20-23(12-14-27(29)32)35-17-6-18-35/h2-4,7-14,19-20H,5-6,15-18H2,1H3. The van der Waals surface area contributed by atoms with Gasteiger partial charge in [0.2, 0.25) is 0 Å². The van der Waals surface area contributed by atoms with Crippen molar-refractivity contribution in [1.82, 2.24) is 4.98 Å². The summed E-state index contributed by atoms with van der Waals surface area (Å²) >= 11 is 0. The maximum Gasteiger partial charge on any atom is 0.261 e. The van der Waals surface area contributed by atoms with Gasteiger partial charge in [0.15, 0.2) is 0 Å². The molecule has 0 unspecified atom stereocenters. The van der Waals surface area contributed by atoms with Crippen molar-refractivity contribution in [3.8, 4) is 11.5 Å². The van der Waals surface area contributed by atoms with Gasteiger partial charge in [-0.1, -0.05) is 36.4 Å². The Kier molecular flexibility index (Phi) is 4.48. The molecule has 4 aliphatic rings. The van der Waals surface area contributed by atoms with Crippen molar-refractivity contribution < 1.29 is 9.53 Å². The highest BCUT2D eigenvalue weighted by Gasteiger charge is 2.57. The summed E-state index contributed by atoms with van der Waals surface area (Å²) in [5.41, 5.74) is 5.89. The van der Waals surface area contributed by atoms with Gasteiger partial charge in [-0.3, -0.25) is 9.69 Å². The fourth-order valence-electron chi connectivity index (χ4n) is 6.43. The average Bonchev–Trinajstić information content (AvgIpc) is 3.11. The lowest BCUT2D eigenvalue weighted by Crippen LogP contribution is -2.48. The molecular weight excluding hydrogens is 472 g/mol. The lowest BCUT2D eigenvalue weighted by molar-refractivity contribution is 0.0985. The van der Waals surface area contributed by atoms with E-state index in [4.69, 9.17) is 9.72 Å². The summed E-state index contributed by atoms with van der Waals surface area (Å²) in [4.78, 5) is 25.8. The van der Waals surface area contributed by atoms with Crippen molar-refractivity contribution in [2.24, 2.45) is 0 Å². The smallest absolute Gasteiger partial charge is 0.261 e. The van der Waals surface area contributed by atoms with Crippen LogP contribution in [0.25, 0.3) is 0 Å². The van der Waals surface area contributed by atoms with Gasteiger partial charge in [-0.15, -0.1) is 0 Å². The lowest BCUT2D eigenvalue weighted by Gasteiger charge is -2.45. The van der Waals surface area contributed by atoms with Crippen molar-refractivity contribution in [3.05, 3.63) is 107 Å². The molecule has 38 heavy (non-hydrogen) atoms. The summed E-state index contributed by atoms with van der Waals surface area (Å²) in [7, 11) is 0. The number of nitrogens with zero attached hydrogens (tertiary/aromatic N) is 4. The van der Waals surface area contributed by atoms with E-state index in [2.05, 4.69) is 52.3 Å². The predicted octanol–water partition coefficient (Wildman–Crippen LogP) is 5.87. The summed E-state index contributed by atoms with van der Waals surface area (Å²) in [6.07, 6.45) is 2.41. The molecule has 1 aromatic heterocycles. The Hall–Kier alpha value is -4.32. The monoisotopic (exact) mass is 500 g/mol. The van der Waals surface area contributed by atoms with Crippen molar-refractivity contribution in [2.75, 3.05) is 40.9 Å². The van der Waals surface area contributed by atoms with Gasteiger partial charge in [-0.25, -0.2) is 4.98 Å². The van der Waals surface area contributed by atoms with E-state index < -0.39 is 5.54 Å². The second-order valence-electron chi connectivity index (χ2n) is 10.7. The molecule has 3 aromatic carbocycles. The first-order valence-corrected chi connectivity index (χ1v) is 13.5. The fourth-order valence-corrected chi connectivity index (χ4v) is 6.43. The molecule has 188 valence electrons. The highest BCUT2D eigenvalue weighted by molar-refractivity contribution is 6.14. The van der Waals surface area contributed by atoms with Crippen LogP contribution in [0.4, 0.5) is 17.2 Å². The number of aromatic nitrogens is 1. The first kappa shape index (κ1) is 21.7. The zero-order chi connectivity index (χ0) is 25.4. The van der Waals surface area contributed by atoms with Crippen LogP contribution in [0.2, 0.25) is 0 Å². The number of hydrogen-bond donors (Lipinski definition) is 0. The Morgan fingerprint density at radius 3 is 1.95 bits per heavy atom. The molecule has 0 saturated carbocycles. The van der Waals surface area contributed by atoms with Gasteiger partial charge in [0.05, 0.1) is 0 Å². The van der Waals surface area contributed by atoms with Gasteiger partial charge < -0.3 is 14.5 Å². The number of rotatable bonds is 3. The quantitative estimate of drug-likeness (QED) is 0.352. The van der Waals surface area contributed by atoms with Gasteiger partial charge >= 0.3 is 0 Å².